The van der Waals surface area contributed by atoms with E-state index in [-0.39, 0.29) is 18.7 Å². The Labute approximate surface area is 126 Å². The van der Waals surface area contributed by atoms with Gasteiger partial charge in [0.25, 0.3) is 0 Å². The Morgan fingerprint density at radius 3 is 2.55 bits per heavy atom. The number of nitrogens with zero attached hydrogens (tertiary/aromatic N) is 1. The van der Waals surface area contributed by atoms with E-state index in [0.29, 0.717) is 6.42 Å². The Bertz CT molecular complexity index is 558. The molecule has 1 fully saturated rings. The fraction of sp³-hybridized carbons (Fsp3) is 0.467. The lowest BCUT2D eigenvalue weighted by atomic mass is 10.1. The van der Waals surface area contributed by atoms with Crippen LogP contribution in [0.5, 0.6) is 0 Å². The molecule has 1 aliphatic carbocycles. The molecule has 0 aliphatic heterocycles. The van der Waals surface area contributed by atoms with Crippen molar-refractivity contribution in [3.8, 4) is 0 Å². The van der Waals surface area contributed by atoms with Crippen LogP contribution in [-0.2, 0) is 14.3 Å². The second-order valence-corrected chi connectivity index (χ2v) is 5.23. The minimum Gasteiger partial charge on any atom is -0.480 e. The normalized spacial score (nSPS) is 19.8. The second-order valence-electron chi connectivity index (χ2n) is 5.23. The highest BCUT2D eigenvalue weighted by Gasteiger charge is 2.48. The van der Waals surface area contributed by atoms with Crippen molar-refractivity contribution in [1.82, 2.24) is 4.90 Å². The van der Waals surface area contributed by atoms with Gasteiger partial charge in [0.1, 0.15) is 18.2 Å². The van der Waals surface area contributed by atoms with Crippen LogP contribution in [0.3, 0.4) is 0 Å². The maximum Gasteiger partial charge on any atom is 0.323 e. The SMILES string of the molecule is COCCN(CC(=O)O)C(=O)[C@H]1C[C@@H]1c1c(F)cccc1F. The van der Waals surface area contributed by atoms with Crippen LogP contribution in [0.4, 0.5) is 8.78 Å². The molecular formula is C15H17F2NO4. The van der Waals surface area contributed by atoms with Gasteiger partial charge in [-0.15, -0.1) is 0 Å². The van der Waals surface area contributed by atoms with E-state index in [2.05, 4.69) is 0 Å². The van der Waals surface area contributed by atoms with Gasteiger partial charge in [-0.3, -0.25) is 9.59 Å². The number of amides is 1. The average molecular weight is 313 g/mol. The molecular weight excluding hydrogens is 296 g/mol. The smallest absolute Gasteiger partial charge is 0.323 e. The van der Waals surface area contributed by atoms with Gasteiger partial charge in [0.2, 0.25) is 5.91 Å². The van der Waals surface area contributed by atoms with Crippen LogP contribution in [0.2, 0.25) is 0 Å². The van der Waals surface area contributed by atoms with Crippen molar-refractivity contribution in [2.24, 2.45) is 5.92 Å². The molecule has 1 amide bonds. The standard InChI is InChI=1S/C15H17F2NO4/c1-22-6-5-18(8-13(19)20)15(21)10-7-9(10)14-11(16)3-2-4-12(14)17/h2-4,9-10H,5-8H2,1H3,(H,19,20)/t9-,10-/m0/s1. The third kappa shape index (κ3) is 3.59. The fourth-order valence-electron chi connectivity index (χ4n) is 2.52. The van der Waals surface area contributed by atoms with E-state index < -0.39 is 41.9 Å². The van der Waals surface area contributed by atoms with Gasteiger partial charge in [0, 0.05) is 31.1 Å². The highest BCUT2D eigenvalue weighted by Crippen LogP contribution is 2.50. The van der Waals surface area contributed by atoms with E-state index >= 15 is 0 Å². The van der Waals surface area contributed by atoms with Gasteiger partial charge in [0.05, 0.1) is 6.61 Å². The topological polar surface area (TPSA) is 66.8 Å². The minimum atomic E-state index is -1.14. The Morgan fingerprint density at radius 2 is 2.00 bits per heavy atom. The van der Waals surface area contributed by atoms with Crippen molar-refractivity contribution in [3.63, 3.8) is 0 Å². The van der Waals surface area contributed by atoms with Crippen LogP contribution in [0.15, 0.2) is 18.2 Å². The van der Waals surface area contributed by atoms with E-state index in [1.165, 1.54) is 13.2 Å². The van der Waals surface area contributed by atoms with Crippen molar-refractivity contribution in [3.05, 3.63) is 35.4 Å². The predicted octanol–water partition coefficient (Wildman–Crippen LogP) is 1.63. The van der Waals surface area contributed by atoms with E-state index in [0.717, 1.165) is 17.0 Å². The number of carboxylic acids is 1. The summed E-state index contributed by atoms with van der Waals surface area (Å²) in [6.45, 7) is -0.125. The van der Waals surface area contributed by atoms with Crippen LogP contribution in [0, 0.1) is 17.6 Å². The maximum absolute atomic E-state index is 13.7. The number of aliphatic carboxylic acids is 1. The fourth-order valence-corrected chi connectivity index (χ4v) is 2.52. The van der Waals surface area contributed by atoms with Gasteiger partial charge >= 0.3 is 5.97 Å². The predicted molar refractivity (Wildman–Crippen MR) is 73.3 cm³/mol. The molecule has 0 unspecified atom stereocenters. The van der Waals surface area contributed by atoms with Crippen LogP contribution < -0.4 is 0 Å². The van der Waals surface area contributed by atoms with Gasteiger partial charge < -0.3 is 14.7 Å². The van der Waals surface area contributed by atoms with Crippen LogP contribution in [0.25, 0.3) is 0 Å². The molecule has 0 radical (unpaired) electrons. The molecule has 7 heteroatoms. The number of methoxy groups -OCH3 is 1. The molecule has 1 saturated carbocycles. The molecule has 22 heavy (non-hydrogen) atoms. The molecule has 120 valence electrons. The number of hydrogen-bond donors (Lipinski definition) is 1. The number of hydrogen-bond acceptors (Lipinski definition) is 3. The lowest BCUT2D eigenvalue weighted by molar-refractivity contribution is -0.145. The number of carbonyl (C=O) groups excluding carboxylic acids is 1. The quantitative estimate of drug-likeness (QED) is 0.831. The number of ether oxygens (including phenoxy) is 1. The molecule has 1 aromatic carbocycles. The van der Waals surface area contributed by atoms with E-state index in [1.807, 2.05) is 0 Å². The summed E-state index contributed by atoms with van der Waals surface area (Å²) in [5.41, 5.74) is -0.0946. The van der Waals surface area contributed by atoms with E-state index in [9.17, 15) is 18.4 Å². The number of halogens is 2. The van der Waals surface area contributed by atoms with Crippen molar-refractivity contribution in [2.45, 2.75) is 12.3 Å². The summed E-state index contributed by atoms with van der Waals surface area (Å²) in [5.74, 6) is -4.02. The summed E-state index contributed by atoms with van der Waals surface area (Å²) in [7, 11) is 1.44. The molecule has 2 atom stereocenters. The van der Waals surface area contributed by atoms with Crippen LogP contribution in [-0.4, -0.2) is 48.7 Å². The summed E-state index contributed by atoms with van der Waals surface area (Å²) >= 11 is 0. The van der Waals surface area contributed by atoms with Crippen molar-refractivity contribution in [2.75, 3.05) is 26.8 Å². The number of carbonyl (C=O) groups is 2. The zero-order chi connectivity index (χ0) is 16.3. The molecule has 0 aromatic heterocycles. The van der Waals surface area contributed by atoms with Gasteiger partial charge in [-0.2, -0.15) is 0 Å². The summed E-state index contributed by atoms with van der Waals surface area (Å²) in [5, 5.41) is 8.85. The maximum atomic E-state index is 13.7. The zero-order valence-electron chi connectivity index (χ0n) is 12.1. The van der Waals surface area contributed by atoms with Gasteiger partial charge in [-0.1, -0.05) is 6.07 Å². The van der Waals surface area contributed by atoms with Crippen molar-refractivity contribution < 1.29 is 28.2 Å². The molecule has 0 bridgehead atoms. The highest BCUT2D eigenvalue weighted by molar-refractivity contribution is 5.86. The number of benzene rings is 1. The molecule has 2 rings (SSSR count). The summed E-state index contributed by atoms with van der Waals surface area (Å²) in [6, 6.07) is 3.57. The lowest BCUT2D eigenvalue weighted by Gasteiger charge is -2.20. The minimum absolute atomic E-state index is 0.0946. The Morgan fingerprint density at radius 1 is 1.36 bits per heavy atom. The van der Waals surface area contributed by atoms with Crippen LogP contribution in [0.1, 0.15) is 17.9 Å². The average Bonchev–Trinajstić information content (AvgIpc) is 3.22. The summed E-state index contributed by atoms with van der Waals surface area (Å²) < 4.78 is 32.3. The first-order valence-electron chi connectivity index (χ1n) is 6.89. The lowest BCUT2D eigenvalue weighted by Crippen LogP contribution is -2.39. The molecule has 0 heterocycles. The highest BCUT2D eigenvalue weighted by atomic mass is 19.1. The summed E-state index contributed by atoms with van der Waals surface area (Å²) in [6.07, 6.45) is 0.319. The number of carboxylic acid groups (broad SMARTS) is 1. The Hall–Kier alpha value is -2.02. The first kappa shape index (κ1) is 16.4. The third-order valence-corrected chi connectivity index (χ3v) is 3.68. The zero-order valence-corrected chi connectivity index (χ0v) is 12.1. The molecule has 1 N–H and O–H groups in total. The first-order chi connectivity index (χ1) is 10.5. The molecule has 1 aliphatic rings. The molecule has 0 spiro atoms. The molecule has 5 nitrogen and oxygen atoms in total. The molecule has 0 saturated heterocycles. The van der Waals surface area contributed by atoms with Gasteiger partial charge in [-0.05, 0) is 18.6 Å². The summed E-state index contributed by atoms with van der Waals surface area (Å²) in [4.78, 5) is 24.3. The number of rotatable bonds is 7. The second kappa shape index (κ2) is 6.83. The Kier molecular flexibility index (Phi) is 5.07. The largest absolute Gasteiger partial charge is 0.480 e. The van der Waals surface area contributed by atoms with Gasteiger partial charge in [0.15, 0.2) is 0 Å². The van der Waals surface area contributed by atoms with Crippen molar-refractivity contribution in [1.29, 1.82) is 0 Å². The van der Waals surface area contributed by atoms with Crippen LogP contribution >= 0.6 is 0 Å². The first-order valence-corrected chi connectivity index (χ1v) is 6.89. The van der Waals surface area contributed by atoms with Gasteiger partial charge in [-0.25, -0.2) is 8.78 Å². The third-order valence-electron chi connectivity index (χ3n) is 3.68. The Balaban J connectivity index is 2.08. The monoisotopic (exact) mass is 313 g/mol. The molecule has 1 aromatic rings. The van der Waals surface area contributed by atoms with E-state index in [1.54, 1.807) is 0 Å². The van der Waals surface area contributed by atoms with E-state index in [4.69, 9.17) is 9.84 Å². The van der Waals surface area contributed by atoms with Crippen molar-refractivity contribution >= 4 is 11.9 Å².